The number of nitrogens with one attached hydrogen (secondary N) is 2. The number of sulfonamides is 1. The normalized spacial score (nSPS) is 11.0. The lowest BCUT2D eigenvalue weighted by molar-refractivity contribution is 0.0958. The van der Waals surface area contributed by atoms with Gasteiger partial charge in [-0.05, 0) is 36.2 Å². The monoisotopic (exact) mass is 374 g/mol. The first-order valence-electron chi connectivity index (χ1n) is 8.08. The Labute approximate surface area is 153 Å². The van der Waals surface area contributed by atoms with Crippen LogP contribution in [0.25, 0.3) is 0 Å². The molecular weight excluding hydrogens is 352 g/mol. The third-order valence-corrected chi connectivity index (χ3v) is 5.15. The van der Waals surface area contributed by atoms with E-state index in [2.05, 4.69) is 16.6 Å². The zero-order valence-electron chi connectivity index (χ0n) is 14.6. The van der Waals surface area contributed by atoms with Gasteiger partial charge in [-0.1, -0.05) is 30.3 Å². The fourth-order valence-corrected chi connectivity index (χ4v) is 3.46. The zero-order chi connectivity index (χ0) is 19.0. The van der Waals surface area contributed by atoms with Crippen LogP contribution in [0.4, 0.5) is 0 Å². The van der Waals surface area contributed by atoms with Crippen LogP contribution in [0, 0.1) is 0 Å². The van der Waals surface area contributed by atoms with Crippen molar-refractivity contribution in [1.29, 1.82) is 0 Å². The number of carbonyl (C=O) groups is 1. The fraction of sp³-hybridized carbons (Fsp3) is 0.211. The molecule has 7 heteroatoms. The van der Waals surface area contributed by atoms with Gasteiger partial charge in [-0.2, -0.15) is 0 Å². The molecule has 2 aromatic carbocycles. The molecule has 138 valence electrons. The quantitative estimate of drug-likeness (QED) is 0.659. The molecule has 0 aromatic heterocycles. The smallest absolute Gasteiger partial charge is 0.251 e. The van der Waals surface area contributed by atoms with Gasteiger partial charge < -0.3 is 10.1 Å². The molecule has 0 aliphatic rings. The van der Waals surface area contributed by atoms with Crippen molar-refractivity contribution in [3.05, 3.63) is 72.3 Å². The number of benzene rings is 2. The predicted molar refractivity (Wildman–Crippen MR) is 101 cm³/mol. The summed E-state index contributed by atoms with van der Waals surface area (Å²) in [5, 5.41) is 2.62. The molecule has 0 saturated heterocycles. The summed E-state index contributed by atoms with van der Waals surface area (Å²) in [7, 11) is -2.14. The zero-order valence-corrected chi connectivity index (χ0v) is 15.4. The van der Waals surface area contributed by atoms with Gasteiger partial charge >= 0.3 is 0 Å². The van der Waals surface area contributed by atoms with Crippen molar-refractivity contribution >= 4 is 15.9 Å². The van der Waals surface area contributed by atoms with Crippen molar-refractivity contribution < 1.29 is 17.9 Å². The molecule has 0 aliphatic heterocycles. The first-order chi connectivity index (χ1) is 12.5. The summed E-state index contributed by atoms with van der Waals surface area (Å²) in [5.41, 5.74) is 1.19. The lowest BCUT2D eigenvalue weighted by Crippen LogP contribution is -2.27. The Hall–Kier alpha value is -2.64. The molecule has 2 rings (SSSR count). The highest BCUT2D eigenvalue weighted by Crippen LogP contribution is 2.18. The highest BCUT2D eigenvalue weighted by Gasteiger charge is 2.16. The minimum absolute atomic E-state index is 0.0452. The van der Waals surface area contributed by atoms with E-state index in [9.17, 15) is 13.2 Å². The topological polar surface area (TPSA) is 84.5 Å². The van der Waals surface area contributed by atoms with Crippen LogP contribution < -0.4 is 14.8 Å². The standard InChI is InChI=1S/C19H22N2O4S/c1-3-12-20-19(22)16-8-6-9-17(14-16)26(23,24)21-13-11-15-7-4-5-10-18(15)25-2/h3-10,14,21H,1,11-13H2,2H3,(H,20,22). The third-order valence-electron chi connectivity index (χ3n) is 3.69. The lowest BCUT2D eigenvalue weighted by atomic mass is 10.1. The Morgan fingerprint density at radius 3 is 2.69 bits per heavy atom. The van der Waals surface area contributed by atoms with Gasteiger partial charge in [0.05, 0.1) is 12.0 Å². The van der Waals surface area contributed by atoms with E-state index in [0.29, 0.717) is 18.7 Å². The van der Waals surface area contributed by atoms with E-state index in [4.69, 9.17) is 4.74 Å². The molecule has 6 nitrogen and oxygen atoms in total. The number of hydrogen-bond donors (Lipinski definition) is 2. The minimum Gasteiger partial charge on any atom is -0.496 e. The van der Waals surface area contributed by atoms with Gasteiger partial charge in [0.1, 0.15) is 5.75 Å². The van der Waals surface area contributed by atoms with Crippen molar-refractivity contribution in [3.63, 3.8) is 0 Å². The predicted octanol–water partition coefficient (Wildman–Crippen LogP) is 2.13. The lowest BCUT2D eigenvalue weighted by Gasteiger charge is -2.10. The molecule has 0 spiro atoms. The fourth-order valence-electron chi connectivity index (χ4n) is 2.38. The Balaban J connectivity index is 2.05. The van der Waals surface area contributed by atoms with Crippen LogP contribution in [-0.2, 0) is 16.4 Å². The Morgan fingerprint density at radius 1 is 1.19 bits per heavy atom. The van der Waals surface area contributed by atoms with Crippen molar-refractivity contribution in [2.24, 2.45) is 0 Å². The molecular formula is C19H22N2O4S. The van der Waals surface area contributed by atoms with Gasteiger partial charge in [-0.25, -0.2) is 13.1 Å². The molecule has 0 bridgehead atoms. The van der Waals surface area contributed by atoms with E-state index < -0.39 is 10.0 Å². The molecule has 0 heterocycles. The molecule has 0 radical (unpaired) electrons. The Bertz CT molecular complexity index is 879. The first kappa shape index (κ1) is 19.7. The van der Waals surface area contributed by atoms with Crippen LogP contribution in [0.5, 0.6) is 5.75 Å². The maximum absolute atomic E-state index is 12.5. The summed E-state index contributed by atoms with van der Waals surface area (Å²) in [5.74, 6) is 0.364. The number of para-hydroxylation sites is 1. The van der Waals surface area contributed by atoms with Crippen LogP contribution >= 0.6 is 0 Å². The van der Waals surface area contributed by atoms with Crippen LogP contribution in [0.2, 0.25) is 0 Å². The highest BCUT2D eigenvalue weighted by atomic mass is 32.2. The number of amides is 1. The van der Waals surface area contributed by atoms with Gasteiger partial charge in [0.2, 0.25) is 10.0 Å². The second-order valence-corrected chi connectivity index (χ2v) is 7.25. The first-order valence-corrected chi connectivity index (χ1v) is 9.57. The largest absolute Gasteiger partial charge is 0.496 e. The van der Waals surface area contributed by atoms with Gasteiger partial charge in [0, 0.05) is 18.7 Å². The van der Waals surface area contributed by atoms with Gasteiger partial charge in [0.25, 0.3) is 5.91 Å². The molecule has 0 atom stereocenters. The Morgan fingerprint density at radius 2 is 1.96 bits per heavy atom. The van der Waals surface area contributed by atoms with Crippen molar-refractivity contribution in [1.82, 2.24) is 10.0 Å². The summed E-state index contributed by atoms with van der Waals surface area (Å²) >= 11 is 0. The maximum Gasteiger partial charge on any atom is 0.251 e. The van der Waals surface area contributed by atoms with Gasteiger partial charge in [0.15, 0.2) is 0 Å². The van der Waals surface area contributed by atoms with E-state index in [1.165, 1.54) is 18.2 Å². The molecule has 2 N–H and O–H groups in total. The van der Waals surface area contributed by atoms with E-state index >= 15 is 0 Å². The van der Waals surface area contributed by atoms with Gasteiger partial charge in [-0.3, -0.25) is 4.79 Å². The van der Waals surface area contributed by atoms with Crippen LogP contribution in [-0.4, -0.2) is 34.5 Å². The molecule has 0 aliphatic carbocycles. The van der Waals surface area contributed by atoms with E-state index in [1.807, 2.05) is 24.3 Å². The summed E-state index contributed by atoms with van der Waals surface area (Å²) in [4.78, 5) is 12.0. The van der Waals surface area contributed by atoms with E-state index in [0.717, 1.165) is 5.56 Å². The summed E-state index contributed by atoms with van der Waals surface area (Å²) in [6, 6.07) is 13.4. The summed E-state index contributed by atoms with van der Waals surface area (Å²) in [6.45, 7) is 4.05. The average Bonchev–Trinajstić information content (AvgIpc) is 2.66. The maximum atomic E-state index is 12.5. The van der Waals surface area contributed by atoms with E-state index in [1.54, 1.807) is 19.3 Å². The van der Waals surface area contributed by atoms with Crippen LogP contribution in [0.1, 0.15) is 15.9 Å². The average molecular weight is 374 g/mol. The molecule has 0 fully saturated rings. The van der Waals surface area contributed by atoms with Crippen molar-refractivity contribution in [2.75, 3.05) is 20.2 Å². The number of hydrogen-bond acceptors (Lipinski definition) is 4. The molecule has 0 saturated carbocycles. The minimum atomic E-state index is -3.72. The van der Waals surface area contributed by atoms with Crippen LogP contribution in [0.3, 0.4) is 0 Å². The summed E-state index contributed by atoms with van der Waals surface area (Å²) < 4.78 is 32.8. The molecule has 0 unspecified atom stereocenters. The van der Waals surface area contributed by atoms with Crippen molar-refractivity contribution in [2.45, 2.75) is 11.3 Å². The third kappa shape index (κ3) is 5.18. The molecule has 1 amide bonds. The van der Waals surface area contributed by atoms with Crippen LogP contribution in [0.15, 0.2) is 66.1 Å². The molecule has 26 heavy (non-hydrogen) atoms. The number of ether oxygens (including phenoxy) is 1. The van der Waals surface area contributed by atoms with Gasteiger partial charge in [-0.15, -0.1) is 6.58 Å². The Kier molecular flexibility index (Phi) is 6.94. The second-order valence-electron chi connectivity index (χ2n) is 5.49. The molecule has 2 aromatic rings. The number of methoxy groups -OCH3 is 1. The number of carbonyl (C=O) groups excluding carboxylic acids is 1. The SMILES string of the molecule is C=CCNC(=O)c1cccc(S(=O)(=O)NCCc2ccccc2OC)c1. The van der Waals surface area contributed by atoms with E-state index in [-0.39, 0.29) is 22.9 Å². The second kappa shape index (κ2) is 9.17. The van der Waals surface area contributed by atoms with Crippen molar-refractivity contribution in [3.8, 4) is 5.75 Å². The highest BCUT2D eigenvalue weighted by molar-refractivity contribution is 7.89. The summed E-state index contributed by atoms with van der Waals surface area (Å²) in [6.07, 6.45) is 2.04. The number of rotatable bonds is 9.